The van der Waals surface area contributed by atoms with Crippen molar-refractivity contribution in [3.05, 3.63) is 28.7 Å². The fourth-order valence-electron chi connectivity index (χ4n) is 3.26. The van der Waals surface area contributed by atoms with Gasteiger partial charge in [0, 0.05) is 49.6 Å². The van der Waals surface area contributed by atoms with E-state index < -0.39 is 0 Å². The molecule has 1 saturated heterocycles. The summed E-state index contributed by atoms with van der Waals surface area (Å²) in [5.41, 5.74) is 9.96. The highest BCUT2D eigenvalue weighted by Gasteiger charge is 2.21. The third-order valence-corrected chi connectivity index (χ3v) is 5.38. The summed E-state index contributed by atoms with van der Waals surface area (Å²) in [7, 11) is 3.21. The van der Waals surface area contributed by atoms with Gasteiger partial charge in [-0.1, -0.05) is 0 Å². The van der Waals surface area contributed by atoms with Crippen LogP contribution in [0.3, 0.4) is 0 Å². The predicted octanol–water partition coefficient (Wildman–Crippen LogP) is 2.01. The lowest BCUT2D eigenvalue weighted by Crippen LogP contribution is -2.46. The van der Waals surface area contributed by atoms with Gasteiger partial charge in [0.1, 0.15) is 5.82 Å². The van der Waals surface area contributed by atoms with Gasteiger partial charge in [0.25, 0.3) is 0 Å². The summed E-state index contributed by atoms with van der Waals surface area (Å²) >= 11 is 1.63. The van der Waals surface area contributed by atoms with Gasteiger partial charge in [-0.05, 0) is 6.07 Å². The van der Waals surface area contributed by atoms with Crippen LogP contribution in [-0.4, -0.2) is 60.3 Å². The van der Waals surface area contributed by atoms with E-state index in [0.717, 1.165) is 49.3 Å². The minimum atomic E-state index is 0.445. The van der Waals surface area contributed by atoms with Gasteiger partial charge in [-0.25, -0.2) is 9.97 Å². The van der Waals surface area contributed by atoms with Crippen LogP contribution in [0.25, 0.3) is 10.9 Å². The van der Waals surface area contributed by atoms with Crippen molar-refractivity contribution in [3.63, 3.8) is 0 Å². The molecule has 0 atom stereocenters. The van der Waals surface area contributed by atoms with Crippen molar-refractivity contribution in [2.45, 2.75) is 6.54 Å². The van der Waals surface area contributed by atoms with Crippen molar-refractivity contribution >= 4 is 34.0 Å². The largest absolute Gasteiger partial charge is 0.493 e. The molecule has 8 nitrogen and oxygen atoms in total. The van der Waals surface area contributed by atoms with E-state index in [1.807, 2.05) is 17.6 Å². The number of nitrogen functional groups attached to an aromatic ring is 1. The van der Waals surface area contributed by atoms with Crippen LogP contribution >= 0.6 is 11.3 Å². The molecule has 2 N–H and O–H groups in total. The first-order valence-electron chi connectivity index (χ1n) is 8.71. The minimum Gasteiger partial charge on any atom is -0.493 e. The van der Waals surface area contributed by atoms with Gasteiger partial charge in [0.15, 0.2) is 11.5 Å². The molecule has 0 radical (unpaired) electrons. The average Bonchev–Trinajstić information content (AvgIpc) is 3.20. The van der Waals surface area contributed by atoms with Crippen LogP contribution in [0.2, 0.25) is 0 Å². The van der Waals surface area contributed by atoms with Crippen LogP contribution in [0.1, 0.15) is 5.69 Å². The number of rotatable bonds is 5. The molecular weight excluding hydrogens is 364 g/mol. The van der Waals surface area contributed by atoms with Gasteiger partial charge in [-0.15, -0.1) is 11.3 Å². The number of nitrogens with two attached hydrogens (primary N) is 1. The Labute approximate surface area is 161 Å². The quantitative estimate of drug-likeness (QED) is 0.712. The van der Waals surface area contributed by atoms with E-state index in [0.29, 0.717) is 23.3 Å². The Balaban J connectivity index is 1.54. The number of hydrogen-bond donors (Lipinski definition) is 1. The normalized spacial score (nSPS) is 15.3. The smallest absolute Gasteiger partial charge is 0.227 e. The molecule has 1 aromatic carbocycles. The average molecular weight is 386 g/mol. The van der Waals surface area contributed by atoms with Crippen LogP contribution in [0, 0.1) is 0 Å². The highest BCUT2D eigenvalue weighted by atomic mass is 32.1. The summed E-state index contributed by atoms with van der Waals surface area (Å²) < 4.78 is 10.7. The van der Waals surface area contributed by atoms with Gasteiger partial charge >= 0.3 is 0 Å². The van der Waals surface area contributed by atoms with E-state index in [4.69, 9.17) is 20.2 Å². The molecular formula is C18H22N6O2S. The SMILES string of the molecule is COc1cc2nc(N3CCN(Cc4cscn4)CC3)nc(N)c2cc1OC. The standard InChI is InChI=1S/C18H22N6O2S/c1-25-15-7-13-14(8-16(15)26-2)21-18(22-17(13)19)24-5-3-23(4-6-24)9-12-10-27-11-20-12/h7-8,10-11H,3-6,9H2,1-2H3,(H2,19,21,22). The summed E-state index contributed by atoms with van der Waals surface area (Å²) in [5, 5.41) is 2.86. The van der Waals surface area contributed by atoms with Crippen molar-refractivity contribution in [1.29, 1.82) is 0 Å². The molecule has 0 saturated carbocycles. The summed E-state index contributed by atoms with van der Waals surface area (Å²) in [5.74, 6) is 2.34. The van der Waals surface area contributed by atoms with E-state index >= 15 is 0 Å². The first-order valence-corrected chi connectivity index (χ1v) is 9.66. The Morgan fingerprint density at radius 2 is 1.81 bits per heavy atom. The first-order chi connectivity index (χ1) is 13.2. The number of fused-ring (bicyclic) bond motifs is 1. The summed E-state index contributed by atoms with van der Waals surface area (Å²) in [6.07, 6.45) is 0. The lowest BCUT2D eigenvalue weighted by Gasteiger charge is -2.34. The molecule has 3 aromatic rings. The van der Waals surface area contributed by atoms with Crippen molar-refractivity contribution in [2.24, 2.45) is 0 Å². The van der Waals surface area contributed by atoms with Crippen molar-refractivity contribution < 1.29 is 9.47 Å². The molecule has 0 unspecified atom stereocenters. The number of anilines is 2. The third kappa shape index (κ3) is 3.60. The van der Waals surface area contributed by atoms with Crippen LogP contribution in [0.5, 0.6) is 11.5 Å². The lowest BCUT2D eigenvalue weighted by atomic mass is 10.2. The zero-order chi connectivity index (χ0) is 18.8. The maximum atomic E-state index is 6.20. The number of hydrogen-bond acceptors (Lipinski definition) is 9. The Bertz CT molecular complexity index is 925. The fraction of sp³-hybridized carbons (Fsp3) is 0.389. The first kappa shape index (κ1) is 17.7. The zero-order valence-electron chi connectivity index (χ0n) is 15.4. The van der Waals surface area contributed by atoms with E-state index in [1.165, 1.54) is 0 Å². The molecule has 1 aliphatic rings. The third-order valence-electron chi connectivity index (χ3n) is 4.74. The Kier molecular flexibility index (Phi) is 4.95. The molecule has 1 fully saturated rings. The summed E-state index contributed by atoms with van der Waals surface area (Å²) in [6, 6.07) is 3.66. The molecule has 142 valence electrons. The maximum absolute atomic E-state index is 6.20. The van der Waals surface area contributed by atoms with E-state index in [1.54, 1.807) is 25.6 Å². The van der Waals surface area contributed by atoms with Gasteiger partial charge in [-0.2, -0.15) is 4.98 Å². The second-order valence-corrected chi connectivity index (χ2v) is 7.09. The second kappa shape index (κ2) is 7.53. The summed E-state index contributed by atoms with van der Waals surface area (Å²) in [4.78, 5) is 18.2. The maximum Gasteiger partial charge on any atom is 0.227 e. The monoisotopic (exact) mass is 386 g/mol. The van der Waals surface area contributed by atoms with E-state index in [9.17, 15) is 0 Å². The molecule has 4 rings (SSSR count). The van der Waals surface area contributed by atoms with Crippen LogP contribution in [0.15, 0.2) is 23.0 Å². The highest BCUT2D eigenvalue weighted by molar-refractivity contribution is 7.07. The van der Waals surface area contributed by atoms with Crippen LogP contribution < -0.4 is 20.1 Å². The molecule has 0 bridgehead atoms. The number of thiazole rings is 1. The predicted molar refractivity (Wildman–Crippen MR) is 107 cm³/mol. The molecule has 2 aromatic heterocycles. The molecule has 27 heavy (non-hydrogen) atoms. The topological polar surface area (TPSA) is 89.6 Å². The van der Waals surface area contributed by atoms with E-state index in [2.05, 4.69) is 25.1 Å². The zero-order valence-corrected chi connectivity index (χ0v) is 16.2. The number of benzene rings is 1. The van der Waals surface area contributed by atoms with Crippen molar-refractivity contribution in [1.82, 2.24) is 19.9 Å². The van der Waals surface area contributed by atoms with Crippen LogP contribution in [0.4, 0.5) is 11.8 Å². The molecule has 0 aliphatic carbocycles. The number of aromatic nitrogens is 3. The Morgan fingerprint density at radius 1 is 1.07 bits per heavy atom. The fourth-order valence-corrected chi connectivity index (χ4v) is 3.81. The summed E-state index contributed by atoms with van der Waals surface area (Å²) in [6.45, 7) is 4.45. The number of nitrogens with zero attached hydrogens (tertiary/aromatic N) is 5. The highest BCUT2D eigenvalue weighted by Crippen LogP contribution is 2.34. The number of ether oxygens (including phenoxy) is 2. The van der Waals surface area contributed by atoms with Crippen molar-refractivity contribution in [2.75, 3.05) is 51.0 Å². The number of piperazine rings is 1. The van der Waals surface area contributed by atoms with Gasteiger partial charge in [0.2, 0.25) is 5.95 Å². The van der Waals surface area contributed by atoms with Gasteiger partial charge in [-0.3, -0.25) is 4.90 Å². The second-order valence-electron chi connectivity index (χ2n) is 6.38. The Morgan fingerprint density at radius 3 is 2.48 bits per heavy atom. The van der Waals surface area contributed by atoms with Gasteiger partial charge in [0.05, 0.1) is 30.9 Å². The van der Waals surface area contributed by atoms with Gasteiger partial charge < -0.3 is 20.1 Å². The van der Waals surface area contributed by atoms with E-state index in [-0.39, 0.29) is 0 Å². The molecule has 1 aliphatic heterocycles. The molecule has 9 heteroatoms. The van der Waals surface area contributed by atoms with Crippen molar-refractivity contribution in [3.8, 4) is 11.5 Å². The molecule has 3 heterocycles. The molecule has 0 amide bonds. The lowest BCUT2D eigenvalue weighted by molar-refractivity contribution is 0.246. The minimum absolute atomic E-state index is 0.445. The molecule has 0 spiro atoms. The Hall–Kier alpha value is -2.65. The van der Waals surface area contributed by atoms with Crippen LogP contribution in [-0.2, 0) is 6.54 Å². The number of methoxy groups -OCH3 is 2.